The fourth-order valence-corrected chi connectivity index (χ4v) is 2.41. The number of nitrogens with one attached hydrogen (secondary N) is 1. The maximum atomic E-state index is 13.3. The van der Waals surface area contributed by atoms with Crippen molar-refractivity contribution in [1.82, 2.24) is 5.32 Å². The predicted molar refractivity (Wildman–Crippen MR) is 87.0 cm³/mol. The van der Waals surface area contributed by atoms with Crippen LogP contribution in [0.5, 0.6) is 0 Å². The molecule has 116 valence electrons. The van der Waals surface area contributed by atoms with Crippen molar-refractivity contribution in [3.05, 3.63) is 69.4 Å². The summed E-state index contributed by atoms with van der Waals surface area (Å²) in [6, 6.07) is 11.9. The number of carbonyl (C=O) groups is 1. The van der Waals surface area contributed by atoms with Crippen LogP contribution < -0.4 is 5.32 Å². The summed E-state index contributed by atoms with van der Waals surface area (Å²) in [6.45, 7) is 3.61. The van der Waals surface area contributed by atoms with E-state index < -0.39 is 5.82 Å². The molecule has 0 aliphatic heterocycles. The van der Waals surface area contributed by atoms with Crippen molar-refractivity contribution in [1.29, 1.82) is 0 Å². The van der Waals surface area contributed by atoms with E-state index in [1.807, 2.05) is 31.2 Å². The quantitative estimate of drug-likeness (QED) is 0.838. The van der Waals surface area contributed by atoms with E-state index in [2.05, 4.69) is 21.2 Å². The first-order valence-electron chi connectivity index (χ1n) is 6.98. The van der Waals surface area contributed by atoms with Crippen molar-refractivity contribution >= 4 is 21.8 Å². The second-order valence-corrected chi connectivity index (χ2v) is 5.71. The van der Waals surface area contributed by atoms with Gasteiger partial charge in [0.05, 0.1) is 6.61 Å². The van der Waals surface area contributed by atoms with Gasteiger partial charge in [0, 0.05) is 23.2 Å². The Balaban J connectivity index is 1.93. The number of rotatable bonds is 6. The third kappa shape index (κ3) is 4.93. The predicted octanol–water partition coefficient (Wildman–Crippen LogP) is 4.05. The lowest BCUT2D eigenvalue weighted by Crippen LogP contribution is -2.22. The minimum absolute atomic E-state index is 0.292. The second-order valence-electron chi connectivity index (χ2n) is 4.79. The molecule has 0 spiro atoms. The fraction of sp³-hybridized carbons (Fsp3) is 0.235. The van der Waals surface area contributed by atoms with Gasteiger partial charge in [-0.05, 0) is 36.2 Å². The van der Waals surface area contributed by atoms with E-state index in [4.69, 9.17) is 4.74 Å². The molecule has 0 radical (unpaired) electrons. The van der Waals surface area contributed by atoms with Gasteiger partial charge >= 0.3 is 0 Å². The highest BCUT2D eigenvalue weighted by Gasteiger charge is 2.08. The highest BCUT2D eigenvalue weighted by molar-refractivity contribution is 9.10. The molecule has 2 rings (SSSR count). The Kier molecular flexibility index (Phi) is 6.10. The molecule has 0 aromatic heterocycles. The number of hydrogen-bond acceptors (Lipinski definition) is 2. The topological polar surface area (TPSA) is 38.3 Å². The highest BCUT2D eigenvalue weighted by Crippen LogP contribution is 2.15. The van der Waals surface area contributed by atoms with Gasteiger partial charge in [0.2, 0.25) is 0 Å². The summed E-state index contributed by atoms with van der Waals surface area (Å²) in [5, 5.41) is 2.77. The molecular formula is C17H17BrFNO2. The second kappa shape index (κ2) is 8.06. The van der Waals surface area contributed by atoms with E-state index in [9.17, 15) is 9.18 Å². The van der Waals surface area contributed by atoms with Gasteiger partial charge in [-0.15, -0.1) is 0 Å². The van der Waals surface area contributed by atoms with E-state index in [0.717, 1.165) is 11.1 Å². The molecule has 0 aliphatic carbocycles. The summed E-state index contributed by atoms with van der Waals surface area (Å²) in [7, 11) is 0. The van der Waals surface area contributed by atoms with E-state index in [0.29, 0.717) is 29.8 Å². The number of carbonyl (C=O) groups excluding carboxylic acids is 1. The van der Waals surface area contributed by atoms with Gasteiger partial charge in [0.25, 0.3) is 5.91 Å². The Morgan fingerprint density at radius 3 is 2.50 bits per heavy atom. The summed E-state index contributed by atoms with van der Waals surface area (Å²) in [4.78, 5) is 12.0. The Labute approximate surface area is 137 Å². The first-order valence-corrected chi connectivity index (χ1v) is 7.77. The summed E-state index contributed by atoms with van der Waals surface area (Å²) in [5.74, 6) is -0.751. The first kappa shape index (κ1) is 16.6. The Hall–Kier alpha value is -1.72. The van der Waals surface area contributed by atoms with E-state index in [1.54, 1.807) is 6.07 Å². The van der Waals surface area contributed by atoms with E-state index in [1.165, 1.54) is 12.1 Å². The van der Waals surface area contributed by atoms with Gasteiger partial charge in [-0.3, -0.25) is 4.79 Å². The van der Waals surface area contributed by atoms with Crippen molar-refractivity contribution in [2.75, 3.05) is 6.61 Å². The molecule has 0 fully saturated rings. The van der Waals surface area contributed by atoms with E-state index >= 15 is 0 Å². The molecule has 0 heterocycles. The number of hydrogen-bond donors (Lipinski definition) is 1. The summed E-state index contributed by atoms with van der Waals surface area (Å²) >= 11 is 3.17. The van der Waals surface area contributed by atoms with Crippen LogP contribution in [0.15, 0.2) is 46.9 Å². The third-order valence-corrected chi connectivity index (χ3v) is 3.53. The molecule has 22 heavy (non-hydrogen) atoms. The molecule has 0 aliphatic rings. The first-order chi connectivity index (χ1) is 10.6. The maximum Gasteiger partial charge on any atom is 0.251 e. The lowest BCUT2D eigenvalue weighted by Gasteiger charge is -2.07. The van der Waals surface area contributed by atoms with Crippen LogP contribution in [0.2, 0.25) is 0 Å². The van der Waals surface area contributed by atoms with Gasteiger partial charge in [-0.25, -0.2) is 4.39 Å². The van der Waals surface area contributed by atoms with Crippen LogP contribution in [0.1, 0.15) is 28.4 Å². The van der Waals surface area contributed by atoms with Crippen molar-refractivity contribution in [2.24, 2.45) is 0 Å². The summed E-state index contributed by atoms with van der Waals surface area (Å²) in [5.41, 5.74) is 2.36. The van der Waals surface area contributed by atoms with Crippen molar-refractivity contribution in [2.45, 2.75) is 20.1 Å². The average Bonchev–Trinajstić information content (AvgIpc) is 2.50. The highest BCUT2D eigenvalue weighted by atomic mass is 79.9. The molecule has 0 bridgehead atoms. The zero-order chi connectivity index (χ0) is 15.9. The SMILES string of the molecule is CCOCc1ccc(CNC(=O)c2cc(F)cc(Br)c2)cc1. The number of ether oxygens (including phenoxy) is 1. The summed E-state index contributed by atoms with van der Waals surface area (Å²) < 4.78 is 19.1. The van der Waals surface area contributed by atoms with Crippen LogP contribution in [-0.4, -0.2) is 12.5 Å². The molecule has 1 amide bonds. The molecule has 5 heteroatoms. The third-order valence-electron chi connectivity index (χ3n) is 3.07. The van der Waals surface area contributed by atoms with Crippen LogP contribution >= 0.6 is 15.9 Å². The van der Waals surface area contributed by atoms with Gasteiger partial charge in [-0.1, -0.05) is 40.2 Å². The number of benzene rings is 2. The minimum atomic E-state index is -0.445. The zero-order valence-corrected chi connectivity index (χ0v) is 13.8. The zero-order valence-electron chi connectivity index (χ0n) is 12.2. The number of amides is 1. The Bertz CT molecular complexity index is 623. The largest absolute Gasteiger partial charge is 0.377 e. The van der Waals surface area contributed by atoms with Crippen LogP contribution in [0, 0.1) is 5.82 Å². The van der Waals surface area contributed by atoms with E-state index in [-0.39, 0.29) is 5.91 Å². The Morgan fingerprint density at radius 1 is 1.18 bits per heavy atom. The molecule has 0 saturated heterocycles. The van der Waals surface area contributed by atoms with Crippen molar-refractivity contribution in [3.63, 3.8) is 0 Å². The lowest BCUT2D eigenvalue weighted by atomic mass is 10.1. The molecular weight excluding hydrogens is 349 g/mol. The van der Waals surface area contributed by atoms with Crippen molar-refractivity contribution < 1.29 is 13.9 Å². The van der Waals surface area contributed by atoms with Crippen LogP contribution in [0.25, 0.3) is 0 Å². The van der Waals surface area contributed by atoms with Crippen molar-refractivity contribution in [3.8, 4) is 0 Å². The van der Waals surface area contributed by atoms with Crippen LogP contribution in [0.3, 0.4) is 0 Å². The van der Waals surface area contributed by atoms with Gasteiger partial charge in [0.15, 0.2) is 0 Å². The molecule has 0 saturated carbocycles. The molecule has 2 aromatic carbocycles. The fourth-order valence-electron chi connectivity index (χ4n) is 1.94. The van der Waals surface area contributed by atoms with Gasteiger partial charge in [0.1, 0.15) is 5.82 Å². The molecule has 0 unspecified atom stereocenters. The summed E-state index contributed by atoms with van der Waals surface area (Å²) in [6.07, 6.45) is 0. The van der Waals surface area contributed by atoms with Crippen LogP contribution in [-0.2, 0) is 17.9 Å². The Morgan fingerprint density at radius 2 is 1.86 bits per heavy atom. The smallest absolute Gasteiger partial charge is 0.251 e. The average molecular weight is 366 g/mol. The lowest BCUT2D eigenvalue weighted by molar-refractivity contribution is 0.0950. The van der Waals surface area contributed by atoms with Gasteiger partial charge in [-0.2, -0.15) is 0 Å². The molecule has 2 aromatic rings. The maximum absolute atomic E-state index is 13.3. The molecule has 1 N–H and O–H groups in total. The van der Waals surface area contributed by atoms with Crippen LogP contribution in [0.4, 0.5) is 4.39 Å². The monoisotopic (exact) mass is 365 g/mol. The normalized spacial score (nSPS) is 10.5. The molecule has 0 atom stereocenters. The number of halogens is 2. The standard InChI is InChI=1S/C17H17BrFNO2/c1-2-22-11-13-5-3-12(4-6-13)10-20-17(21)14-7-15(18)9-16(19)8-14/h3-9H,2,10-11H2,1H3,(H,20,21). The minimum Gasteiger partial charge on any atom is -0.377 e. The molecule has 3 nitrogen and oxygen atoms in total. The van der Waals surface area contributed by atoms with Gasteiger partial charge < -0.3 is 10.1 Å².